The molecule has 0 aliphatic carbocycles. The van der Waals surface area contributed by atoms with Crippen molar-refractivity contribution in [3.05, 3.63) is 24.2 Å². The van der Waals surface area contributed by atoms with Crippen LogP contribution >= 0.6 is 12.4 Å². The Labute approximate surface area is 112 Å². The molecule has 2 aromatic heterocycles. The Morgan fingerprint density at radius 1 is 1.50 bits per heavy atom. The van der Waals surface area contributed by atoms with Gasteiger partial charge in [-0.1, -0.05) is 5.16 Å². The van der Waals surface area contributed by atoms with Crippen molar-refractivity contribution in [2.45, 2.75) is 18.8 Å². The van der Waals surface area contributed by atoms with Gasteiger partial charge in [-0.2, -0.15) is 4.98 Å². The van der Waals surface area contributed by atoms with Crippen LogP contribution in [0.4, 0.5) is 0 Å². The summed E-state index contributed by atoms with van der Waals surface area (Å²) in [6.07, 6.45) is 4.28. The fourth-order valence-electron chi connectivity index (χ4n) is 2.26. The molecule has 0 radical (unpaired) electrons. The van der Waals surface area contributed by atoms with Crippen LogP contribution in [0.15, 0.2) is 22.9 Å². The van der Waals surface area contributed by atoms with E-state index in [4.69, 9.17) is 4.52 Å². The number of nitrogens with zero attached hydrogens (tertiary/aromatic N) is 3. The third kappa shape index (κ3) is 2.42. The lowest BCUT2D eigenvalue weighted by atomic mass is 10.00. The largest absolute Gasteiger partial charge is 0.348 e. The molecule has 1 atom stereocenters. The molecule has 0 spiro atoms. The van der Waals surface area contributed by atoms with Gasteiger partial charge < -0.3 is 14.4 Å². The van der Waals surface area contributed by atoms with Gasteiger partial charge >= 0.3 is 0 Å². The maximum absolute atomic E-state index is 5.37. The molecule has 0 aromatic carbocycles. The Morgan fingerprint density at radius 3 is 3.06 bits per heavy atom. The number of halogens is 1. The summed E-state index contributed by atoms with van der Waals surface area (Å²) in [6.45, 7) is 2.03. The van der Waals surface area contributed by atoms with E-state index in [-0.39, 0.29) is 12.4 Å². The van der Waals surface area contributed by atoms with Crippen molar-refractivity contribution < 1.29 is 4.52 Å². The van der Waals surface area contributed by atoms with Gasteiger partial charge in [-0.3, -0.25) is 0 Å². The molecule has 0 saturated carbocycles. The van der Waals surface area contributed by atoms with Gasteiger partial charge in [0.05, 0.1) is 11.6 Å². The van der Waals surface area contributed by atoms with Crippen molar-refractivity contribution in [1.29, 1.82) is 0 Å². The van der Waals surface area contributed by atoms with Gasteiger partial charge in [-0.15, -0.1) is 12.4 Å². The summed E-state index contributed by atoms with van der Waals surface area (Å²) in [5, 5.41) is 7.42. The standard InChI is InChI=1S/C12H16N4O.ClH/c1-16-7-3-5-10(16)11-14-12(17-15-11)9-4-2-6-13-8-9;/h3,5,7,9,13H,2,4,6,8H2,1H3;1H. The molecule has 1 aliphatic heterocycles. The highest BCUT2D eigenvalue weighted by Crippen LogP contribution is 2.24. The molecule has 1 aliphatic rings. The molecule has 5 nitrogen and oxygen atoms in total. The minimum atomic E-state index is 0. The van der Waals surface area contributed by atoms with E-state index < -0.39 is 0 Å². The minimum Gasteiger partial charge on any atom is -0.348 e. The van der Waals surface area contributed by atoms with E-state index >= 15 is 0 Å². The fraction of sp³-hybridized carbons (Fsp3) is 0.500. The molecular formula is C12H17ClN4O. The van der Waals surface area contributed by atoms with Crippen LogP contribution in [0.5, 0.6) is 0 Å². The second kappa shape index (κ2) is 5.54. The Hall–Kier alpha value is -1.33. The van der Waals surface area contributed by atoms with Crippen LogP contribution < -0.4 is 5.32 Å². The molecular weight excluding hydrogens is 252 g/mol. The fourth-order valence-corrected chi connectivity index (χ4v) is 2.26. The summed E-state index contributed by atoms with van der Waals surface area (Å²) >= 11 is 0. The van der Waals surface area contributed by atoms with E-state index in [2.05, 4.69) is 15.5 Å². The molecule has 98 valence electrons. The lowest BCUT2D eigenvalue weighted by Gasteiger charge is -2.18. The molecule has 3 heterocycles. The van der Waals surface area contributed by atoms with E-state index in [1.54, 1.807) is 0 Å². The van der Waals surface area contributed by atoms with Crippen molar-refractivity contribution >= 4 is 12.4 Å². The molecule has 6 heteroatoms. The smallest absolute Gasteiger partial charge is 0.231 e. The summed E-state index contributed by atoms with van der Waals surface area (Å²) in [5.74, 6) is 1.80. The van der Waals surface area contributed by atoms with E-state index in [1.807, 2.05) is 29.9 Å². The first kappa shape index (κ1) is 13.1. The minimum absolute atomic E-state index is 0. The SMILES string of the molecule is Cl.Cn1cccc1-c1noc(C2CCCNC2)n1. The number of rotatable bonds is 2. The first-order valence-electron chi connectivity index (χ1n) is 6.00. The van der Waals surface area contributed by atoms with Gasteiger partial charge in [0, 0.05) is 19.8 Å². The Balaban J connectivity index is 0.00000120. The summed E-state index contributed by atoms with van der Waals surface area (Å²) in [7, 11) is 1.98. The average Bonchev–Trinajstić information content (AvgIpc) is 2.98. The van der Waals surface area contributed by atoms with E-state index in [9.17, 15) is 0 Å². The third-order valence-electron chi connectivity index (χ3n) is 3.26. The zero-order valence-corrected chi connectivity index (χ0v) is 11.1. The number of piperidine rings is 1. The van der Waals surface area contributed by atoms with Crippen LogP contribution in [-0.4, -0.2) is 27.8 Å². The lowest BCUT2D eigenvalue weighted by molar-refractivity contribution is 0.322. The van der Waals surface area contributed by atoms with Crippen LogP contribution in [0.2, 0.25) is 0 Å². The van der Waals surface area contributed by atoms with E-state index in [0.29, 0.717) is 11.7 Å². The molecule has 0 amide bonds. The van der Waals surface area contributed by atoms with E-state index in [0.717, 1.165) is 31.1 Å². The van der Waals surface area contributed by atoms with Gasteiger partial charge in [0.2, 0.25) is 11.7 Å². The van der Waals surface area contributed by atoms with Gasteiger partial charge in [0.15, 0.2) is 0 Å². The van der Waals surface area contributed by atoms with Crippen molar-refractivity contribution in [2.75, 3.05) is 13.1 Å². The van der Waals surface area contributed by atoms with Gasteiger partial charge in [0.25, 0.3) is 0 Å². The molecule has 1 N–H and O–H groups in total. The maximum Gasteiger partial charge on any atom is 0.231 e. The molecule has 0 bridgehead atoms. The summed E-state index contributed by atoms with van der Waals surface area (Å²) in [4.78, 5) is 4.50. The second-order valence-corrected chi connectivity index (χ2v) is 4.50. The zero-order valence-electron chi connectivity index (χ0n) is 10.3. The highest BCUT2D eigenvalue weighted by Gasteiger charge is 2.22. The lowest BCUT2D eigenvalue weighted by Crippen LogP contribution is -2.28. The molecule has 1 unspecified atom stereocenters. The molecule has 1 saturated heterocycles. The van der Waals surface area contributed by atoms with Crippen molar-refractivity contribution in [3.8, 4) is 11.5 Å². The first-order valence-corrected chi connectivity index (χ1v) is 6.00. The van der Waals surface area contributed by atoms with Crippen LogP contribution in [-0.2, 0) is 7.05 Å². The van der Waals surface area contributed by atoms with Crippen LogP contribution in [0, 0.1) is 0 Å². The van der Waals surface area contributed by atoms with Crippen molar-refractivity contribution in [1.82, 2.24) is 20.0 Å². The Kier molecular flexibility index (Phi) is 4.04. The number of aromatic nitrogens is 3. The summed E-state index contributed by atoms with van der Waals surface area (Å²) in [5.41, 5.74) is 0.990. The van der Waals surface area contributed by atoms with Crippen LogP contribution in [0.1, 0.15) is 24.7 Å². The quantitative estimate of drug-likeness (QED) is 0.905. The van der Waals surface area contributed by atoms with Gasteiger partial charge in [-0.25, -0.2) is 0 Å². The number of nitrogens with one attached hydrogen (secondary N) is 1. The molecule has 2 aromatic rings. The normalized spacial score (nSPS) is 19.5. The highest BCUT2D eigenvalue weighted by atomic mass is 35.5. The Bertz CT molecular complexity index is 502. The highest BCUT2D eigenvalue weighted by molar-refractivity contribution is 5.85. The summed E-state index contributed by atoms with van der Waals surface area (Å²) < 4.78 is 7.36. The monoisotopic (exact) mass is 268 g/mol. The molecule has 3 rings (SSSR count). The average molecular weight is 269 g/mol. The molecule has 18 heavy (non-hydrogen) atoms. The van der Waals surface area contributed by atoms with Crippen LogP contribution in [0.3, 0.4) is 0 Å². The predicted molar refractivity (Wildman–Crippen MR) is 70.8 cm³/mol. The first-order chi connectivity index (χ1) is 8.34. The van der Waals surface area contributed by atoms with Crippen LogP contribution in [0.25, 0.3) is 11.5 Å². The summed E-state index contributed by atoms with van der Waals surface area (Å²) in [6, 6.07) is 3.97. The van der Waals surface area contributed by atoms with E-state index in [1.165, 1.54) is 6.42 Å². The third-order valence-corrected chi connectivity index (χ3v) is 3.26. The van der Waals surface area contributed by atoms with Crippen molar-refractivity contribution in [3.63, 3.8) is 0 Å². The number of hydrogen-bond acceptors (Lipinski definition) is 4. The zero-order chi connectivity index (χ0) is 11.7. The Morgan fingerprint density at radius 2 is 2.39 bits per heavy atom. The van der Waals surface area contributed by atoms with Gasteiger partial charge in [0.1, 0.15) is 0 Å². The van der Waals surface area contributed by atoms with Crippen molar-refractivity contribution in [2.24, 2.45) is 7.05 Å². The predicted octanol–water partition coefficient (Wildman–Crippen LogP) is 1.96. The second-order valence-electron chi connectivity index (χ2n) is 4.50. The maximum atomic E-state index is 5.37. The number of hydrogen-bond donors (Lipinski definition) is 1. The van der Waals surface area contributed by atoms with Gasteiger partial charge in [-0.05, 0) is 31.5 Å². The molecule has 1 fully saturated rings. The number of aryl methyl sites for hydroxylation is 1. The topological polar surface area (TPSA) is 55.9 Å².